The standard InChI is InChI=1S/C28H33N5O6S/c1-36-20-6-4-18(5-7-20)22-16-27(33-32-22)39-28-21-14-25(37-2)26(15-23(21)30-17-31-28)38-24(10-13-40(3,34)35)19-8-11-29-12-9-19/h4-7,14-17,19,24,29H,8-13H2,1-3H3,(H,32,33). The maximum absolute atomic E-state index is 11.9. The molecule has 0 aliphatic carbocycles. The van der Waals surface area contributed by atoms with Crippen LogP contribution in [0.1, 0.15) is 19.3 Å². The second-order valence-corrected chi connectivity index (χ2v) is 12.1. The van der Waals surface area contributed by atoms with E-state index in [9.17, 15) is 8.42 Å². The molecular formula is C28H33N5O6S. The van der Waals surface area contributed by atoms with Gasteiger partial charge in [0.05, 0.1) is 36.6 Å². The predicted molar refractivity (Wildman–Crippen MR) is 151 cm³/mol. The molecular weight excluding hydrogens is 534 g/mol. The maximum atomic E-state index is 11.9. The van der Waals surface area contributed by atoms with Crippen molar-refractivity contribution >= 4 is 20.7 Å². The molecule has 12 heteroatoms. The number of H-pyrrole nitrogens is 1. The second kappa shape index (κ2) is 12.1. The van der Waals surface area contributed by atoms with Crippen molar-refractivity contribution in [1.82, 2.24) is 25.5 Å². The third-order valence-corrected chi connectivity index (χ3v) is 7.98. The minimum absolute atomic E-state index is 0.0554. The van der Waals surface area contributed by atoms with Gasteiger partial charge in [-0.25, -0.2) is 18.4 Å². The van der Waals surface area contributed by atoms with Crippen LogP contribution in [0.4, 0.5) is 0 Å². The molecule has 4 aromatic rings. The highest BCUT2D eigenvalue weighted by atomic mass is 32.2. The molecule has 3 heterocycles. The Morgan fingerprint density at radius 3 is 2.48 bits per heavy atom. The van der Waals surface area contributed by atoms with Gasteiger partial charge < -0.3 is 24.3 Å². The Morgan fingerprint density at radius 2 is 1.77 bits per heavy atom. The number of benzene rings is 2. The fraction of sp³-hybridized carbons (Fsp3) is 0.393. The van der Waals surface area contributed by atoms with E-state index in [4.69, 9.17) is 18.9 Å². The first-order chi connectivity index (χ1) is 19.3. The van der Waals surface area contributed by atoms with Gasteiger partial charge in [0.15, 0.2) is 11.5 Å². The van der Waals surface area contributed by atoms with Crippen LogP contribution >= 0.6 is 0 Å². The molecule has 0 amide bonds. The number of nitrogens with one attached hydrogen (secondary N) is 2. The lowest BCUT2D eigenvalue weighted by Gasteiger charge is -2.31. The molecule has 5 rings (SSSR count). The van der Waals surface area contributed by atoms with Gasteiger partial charge in [-0.3, -0.25) is 5.10 Å². The quantitative estimate of drug-likeness (QED) is 0.273. The normalized spacial score (nSPS) is 15.1. The zero-order valence-corrected chi connectivity index (χ0v) is 23.5. The topological polar surface area (TPSA) is 138 Å². The molecule has 1 fully saturated rings. The molecule has 0 spiro atoms. The van der Waals surface area contributed by atoms with E-state index in [0.29, 0.717) is 40.6 Å². The van der Waals surface area contributed by atoms with Crippen LogP contribution in [-0.4, -0.2) is 74.0 Å². The van der Waals surface area contributed by atoms with Crippen molar-refractivity contribution < 1.29 is 27.4 Å². The SMILES string of the molecule is COc1ccc(-c2cc(Oc3ncnc4cc(OC(CCS(C)(=O)=O)C5CCNCC5)c(OC)cc34)n[nH]2)cc1. The third kappa shape index (κ3) is 6.62. The van der Waals surface area contributed by atoms with E-state index in [1.807, 2.05) is 24.3 Å². The molecule has 2 aromatic carbocycles. The van der Waals surface area contributed by atoms with Crippen molar-refractivity contribution in [3.05, 3.63) is 48.8 Å². The fourth-order valence-corrected chi connectivity index (χ4v) is 5.51. The van der Waals surface area contributed by atoms with Gasteiger partial charge in [0.1, 0.15) is 28.0 Å². The molecule has 1 aliphatic rings. The number of nitrogens with zero attached hydrogens (tertiary/aromatic N) is 3. The van der Waals surface area contributed by atoms with Gasteiger partial charge in [0.2, 0.25) is 11.8 Å². The Balaban J connectivity index is 1.40. The fourth-order valence-electron chi connectivity index (χ4n) is 4.85. The van der Waals surface area contributed by atoms with Gasteiger partial charge in [-0.1, -0.05) is 0 Å². The lowest BCUT2D eigenvalue weighted by atomic mass is 9.90. The molecule has 1 unspecified atom stereocenters. The van der Waals surface area contributed by atoms with Gasteiger partial charge in [-0.2, -0.15) is 0 Å². The number of aromatic amines is 1. The van der Waals surface area contributed by atoms with Crippen molar-refractivity contribution in [3.8, 4) is 40.3 Å². The minimum Gasteiger partial charge on any atom is -0.497 e. The molecule has 2 N–H and O–H groups in total. The molecule has 1 saturated heterocycles. The van der Waals surface area contributed by atoms with E-state index in [2.05, 4.69) is 25.5 Å². The summed E-state index contributed by atoms with van der Waals surface area (Å²) in [5.41, 5.74) is 2.31. The average molecular weight is 568 g/mol. The Bertz CT molecular complexity index is 1550. The summed E-state index contributed by atoms with van der Waals surface area (Å²) < 4.78 is 47.3. The summed E-state index contributed by atoms with van der Waals surface area (Å²) in [6.45, 7) is 1.75. The number of aromatic nitrogens is 4. The Kier molecular flexibility index (Phi) is 8.36. The van der Waals surface area contributed by atoms with Crippen molar-refractivity contribution in [2.45, 2.75) is 25.4 Å². The summed E-state index contributed by atoms with van der Waals surface area (Å²) in [6, 6.07) is 12.9. The first-order valence-corrected chi connectivity index (χ1v) is 15.1. The van der Waals surface area contributed by atoms with Crippen LogP contribution in [0.5, 0.6) is 29.0 Å². The van der Waals surface area contributed by atoms with Crippen LogP contribution in [0.3, 0.4) is 0 Å². The van der Waals surface area contributed by atoms with E-state index in [-0.39, 0.29) is 17.8 Å². The third-order valence-electron chi connectivity index (χ3n) is 7.00. The minimum atomic E-state index is -3.13. The monoisotopic (exact) mass is 567 g/mol. The highest BCUT2D eigenvalue weighted by Crippen LogP contribution is 2.38. The number of fused-ring (bicyclic) bond motifs is 1. The Morgan fingerprint density at radius 1 is 1.00 bits per heavy atom. The molecule has 0 saturated carbocycles. The lowest BCUT2D eigenvalue weighted by molar-refractivity contribution is 0.105. The van der Waals surface area contributed by atoms with Crippen LogP contribution in [-0.2, 0) is 9.84 Å². The van der Waals surface area contributed by atoms with E-state index in [0.717, 1.165) is 42.9 Å². The highest BCUT2D eigenvalue weighted by Gasteiger charge is 2.28. The molecule has 0 bridgehead atoms. The van der Waals surface area contributed by atoms with Gasteiger partial charge >= 0.3 is 0 Å². The van der Waals surface area contributed by atoms with Gasteiger partial charge in [0, 0.05) is 18.4 Å². The van der Waals surface area contributed by atoms with Crippen molar-refractivity contribution in [3.63, 3.8) is 0 Å². The summed E-state index contributed by atoms with van der Waals surface area (Å²) in [5, 5.41) is 11.2. The number of rotatable bonds is 11. The zero-order valence-electron chi connectivity index (χ0n) is 22.7. The Hall–Kier alpha value is -3.90. The molecule has 1 atom stereocenters. The summed E-state index contributed by atoms with van der Waals surface area (Å²) in [7, 11) is 0.0496. The van der Waals surface area contributed by atoms with E-state index < -0.39 is 9.84 Å². The number of piperidine rings is 1. The van der Waals surface area contributed by atoms with E-state index in [1.165, 1.54) is 12.6 Å². The molecule has 2 aromatic heterocycles. The number of sulfone groups is 1. The van der Waals surface area contributed by atoms with Crippen LogP contribution in [0, 0.1) is 5.92 Å². The van der Waals surface area contributed by atoms with Crippen LogP contribution in [0.2, 0.25) is 0 Å². The van der Waals surface area contributed by atoms with Gasteiger partial charge in [-0.05, 0) is 74.2 Å². The predicted octanol–water partition coefficient (Wildman–Crippen LogP) is 4.01. The van der Waals surface area contributed by atoms with Crippen LogP contribution in [0.15, 0.2) is 48.8 Å². The van der Waals surface area contributed by atoms with Crippen molar-refractivity contribution in [2.75, 3.05) is 39.3 Å². The number of ether oxygens (including phenoxy) is 4. The maximum Gasteiger partial charge on any atom is 0.240 e. The molecule has 212 valence electrons. The van der Waals surface area contributed by atoms with Crippen molar-refractivity contribution in [1.29, 1.82) is 0 Å². The van der Waals surface area contributed by atoms with E-state index >= 15 is 0 Å². The Labute approximate surface area is 233 Å². The molecule has 11 nitrogen and oxygen atoms in total. The van der Waals surface area contributed by atoms with Gasteiger partial charge in [-0.15, -0.1) is 5.10 Å². The lowest BCUT2D eigenvalue weighted by Crippen LogP contribution is -2.37. The average Bonchev–Trinajstić information content (AvgIpc) is 3.43. The van der Waals surface area contributed by atoms with Gasteiger partial charge in [0.25, 0.3) is 0 Å². The highest BCUT2D eigenvalue weighted by molar-refractivity contribution is 7.90. The first kappa shape index (κ1) is 27.7. The second-order valence-electron chi connectivity index (χ2n) is 9.81. The molecule has 0 radical (unpaired) electrons. The summed E-state index contributed by atoms with van der Waals surface area (Å²) in [6.07, 6.45) is 4.61. The number of hydrogen-bond donors (Lipinski definition) is 2. The smallest absolute Gasteiger partial charge is 0.240 e. The van der Waals surface area contributed by atoms with Crippen LogP contribution < -0.4 is 24.3 Å². The molecule has 1 aliphatic heterocycles. The molecule has 40 heavy (non-hydrogen) atoms. The summed E-state index contributed by atoms with van der Waals surface area (Å²) in [4.78, 5) is 8.75. The summed E-state index contributed by atoms with van der Waals surface area (Å²) in [5.74, 6) is 2.69. The van der Waals surface area contributed by atoms with E-state index in [1.54, 1.807) is 32.4 Å². The van der Waals surface area contributed by atoms with Crippen molar-refractivity contribution in [2.24, 2.45) is 5.92 Å². The largest absolute Gasteiger partial charge is 0.497 e. The van der Waals surface area contributed by atoms with Crippen LogP contribution in [0.25, 0.3) is 22.2 Å². The summed E-state index contributed by atoms with van der Waals surface area (Å²) >= 11 is 0. The number of methoxy groups -OCH3 is 2. The zero-order chi connectivity index (χ0) is 28.1. The number of hydrogen-bond acceptors (Lipinski definition) is 10. The first-order valence-electron chi connectivity index (χ1n) is 13.1.